The van der Waals surface area contributed by atoms with Crippen LogP contribution in [-0.2, 0) is 6.42 Å². The molecule has 34 heavy (non-hydrogen) atoms. The number of urea groups is 2. The Morgan fingerprint density at radius 1 is 1.09 bits per heavy atom. The van der Waals surface area contributed by atoms with E-state index in [9.17, 15) is 19.2 Å². The lowest BCUT2D eigenvalue weighted by Gasteiger charge is -2.41. The highest BCUT2D eigenvalue weighted by Crippen LogP contribution is 2.39. The standard InChI is InChI=1S/C26H39FN4O3/c1-26(2)23(31(34)24(32)28-20-12-5-3-6-13-20)30(21-14-7-4-8-15-21)25(33)29(26)18-17-19-11-9-10-16-22(19)27/h9-11,16,20-21,23,34H,3-8,12-15,17-18H2,1-2H3,(H,28,32). The maximum Gasteiger partial charge on any atom is 0.343 e. The second kappa shape index (κ2) is 10.5. The third-order valence-corrected chi connectivity index (χ3v) is 7.95. The molecule has 1 saturated heterocycles. The van der Waals surface area contributed by atoms with Crippen LogP contribution in [-0.4, -0.2) is 62.5 Å². The highest BCUT2D eigenvalue weighted by atomic mass is 19.1. The Morgan fingerprint density at radius 2 is 1.71 bits per heavy atom. The maximum atomic E-state index is 14.2. The summed E-state index contributed by atoms with van der Waals surface area (Å²) in [6.07, 6.45) is 9.59. The van der Waals surface area contributed by atoms with E-state index in [1.807, 2.05) is 13.8 Å². The predicted octanol–water partition coefficient (Wildman–Crippen LogP) is 5.28. The second-order valence-electron chi connectivity index (χ2n) is 10.6. The average molecular weight is 475 g/mol. The van der Waals surface area contributed by atoms with Gasteiger partial charge in [-0.25, -0.2) is 14.0 Å². The van der Waals surface area contributed by atoms with Crippen LogP contribution in [0.3, 0.4) is 0 Å². The van der Waals surface area contributed by atoms with E-state index < -0.39 is 17.7 Å². The van der Waals surface area contributed by atoms with Gasteiger partial charge in [-0.05, 0) is 57.6 Å². The zero-order valence-corrected chi connectivity index (χ0v) is 20.5. The largest absolute Gasteiger partial charge is 0.343 e. The van der Waals surface area contributed by atoms with Crippen LogP contribution in [0.2, 0.25) is 0 Å². The minimum absolute atomic E-state index is 0.0267. The van der Waals surface area contributed by atoms with Gasteiger partial charge in [-0.15, -0.1) is 0 Å². The number of carbonyl (C=O) groups is 2. The lowest BCUT2D eigenvalue weighted by molar-refractivity contribution is -0.141. The molecule has 1 aliphatic heterocycles. The molecule has 3 aliphatic rings. The van der Waals surface area contributed by atoms with Gasteiger partial charge in [0, 0.05) is 18.6 Å². The maximum absolute atomic E-state index is 14.2. The smallest absolute Gasteiger partial charge is 0.333 e. The van der Waals surface area contributed by atoms with Gasteiger partial charge >= 0.3 is 12.1 Å². The first-order valence-electron chi connectivity index (χ1n) is 12.9. The molecule has 0 spiro atoms. The summed E-state index contributed by atoms with van der Waals surface area (Å²) in [5.41, 5.74) is -0.298. The molecule has 4 rings (SSSR count). The number of rotatable bonds is 6. The normalized spacial score (nSPS) is 23.9. The lowest BCUT2D eigenvalue weighted by atomic mass is 9.92. The van der Waals surface area contributed by atoms with Gasteiger partial charge in [-0.1, -0.05) is 56.7 Å². The molecule has 1 atom stereocenters. The van der Waals surface area contributed by atoms with Crippen LogP contribution >= 0.6 is 0 Å². The van der Waals surface area contributed by atoms with Gasteiger partial charge in [0.15, 0.2) is 6.17 Å². The first-order valence-corrected chi connectivity index (χ1v) is 12.9. The third-order valence-electron chi connectivity index (χ3n) is 7.95. The van der Waals surface area contributed by atoms with E-state index in [-0.39, 0.29) is 23.9 Å². The van der Waals surface area contributed by atoms with Crippen molar-refractivity contribution in [2.75, 3.05) is 6.54 Å². The molecule has 1 aromatic carbocycles. The zero-order chi connectivity index (χ0) is 24.3. The Balaban J connectivity index is 1.56. The third kappa shape index (κ3) is 5.02. The van der Waals surface area contributed by atoms with Crippen molar-refractivity contribution in [3.63, 3.8) is 0 Å². The molecule has 0 aromatic heterocycles. The van der Waals surface area contributed by atoms with Gasteiger partial charge in [0.1, 0.15) is 5.82 Å². The molecule has 0 bridgehead atoms. The van der Waals surface area contributed by atoms with Gasteiger partial charge in [0.25, 0.3) is 0 Å². The zero-order valence-electron chi connectivity index (χ0n) is 20.5. The van der Waals surface area contributed by atoms with Gasteiger partial charge in [-0.2, -0.15) is 5.06 Å². The molecule has 188 valence electrons. The van der Waals surface area contributed by atoms with Crippen molar-refractivity contribution in [1.29, 1.82) is 0 Å². The van der Waals surface area contributed by atoms with Crippen LogP contribution in [0, 0.1) is 5.82 Å². The van der Waals surface area contributed by atoms with Gasteiger partial charge in [0.05, 0.1) is 5.54 Å². The molecule has 4 amide bonds. The molecular formula is C26H39FN4O3. The van der Waals surface area contributed by atoms with Crippen LogP contribution in [0.1, 0.15) is 83.6 Å². The second-order valence-corrected chi connectivity index (χ2v) is 10.6. The van der Waals surface area contributed by atoms with Crippen molar-refractivity contribution >= 4 is 12.1 Å². The summed E-state index contributed by atoms with van der Waals surface area (Å²) < 4.78 is 14.2. The Labute approximate surface area is 202 Å². The number of hydrogen-bond acceptors (Lipinski definition) is 3. The van der Waals surface area contributed by atoms with Crippen LogP contribution in [0.15, 0.2) is 24.3 Å². The van der Waals surface area contributed by atoms with Crippen LogP contribution in [0.5, 0.6) is 0 Å². The molecule has 2 saturated carbocycles. The van der Waals surface area contributed by atoms with Crippen molar-refractivity contribution in [1.82, 2.24) is 20.2 Å². The van der Waals surface area contributed by atoms with Crippen molar-refractivity contribution in [2.24, 2.45) is 0 Å². The highest BCUT2D eigenvalue weighted by Gasteiger charge is 2.57. The van der Waals surface area contributed by atoms with Crippen molar-refractivity contribution in [2.45, 2.75) is 108 Å². The topological polar surface area (TPSA) is 76.1 Å². The minimum atomic E-state index is -0.849. The number of nitrogens with one attached hydrogen (secondary N) is 1. The molecular weight excluding hydrogens is 435 g/mol. The fourth-order valence-corrected chi connectivity index (χ4v) is 6.02. The summed E-state index contributed by atoms with van der Waals surface area (Å²) in [7, 11) is 0. The Bertz CT molecular complexity index is 867. The fraction of sp³-hybridized carbons (Fsp3) is 0.692. The summed E-state index contributed by atoms with van der Waals surface area (Å²) in [6.45, 7) is 4.08. The molecule has 1 aromatic rings. The minimum Gasteiger partial charge on any atom is -0.333 e. The number of carbonyl (C=O) groups excluding carboxylic acids is 2. The van der Waals surface area contributed by atoms with Crippen LogP contribution < -0.4 is 5.32 Å². The summed E-state index contributed by atoms with van der Waals surface area (Å²) in [4.78, 5) is 30.3. The number of nitrogens with zero attached hydrogens (tertiary/aromatic N) is 3. The predicted molar refractivity (Wildman–Crippen MR) is 128 cm³/mol. The van der Waals surface area contributed by atoms with E-state index in [0.29, 0.717) is 18.5 Å². The number of hydroxylamine groups is 2. The summed E-state index contributed by atoms with van der Waals surface area (Å²) in [5.74, 6) is -0.289. The van der Waals surface area contributed by atoms with E-state index in [2.05, 4.69) is 5.32 Å². The van der Waals surface area contributed by atoms with Crippen molar-refractivity contribution in [3.8, 4) is 0 Å². The lowest BCUT2D eigenvalue weighted by Crippen LogP contribution is -2.61. The van der Waals surface area contributed by atoms with Crippen molar-refractivity contribution in [3.05, 3.63) is 35.6 Å². The van der Waals surface area contributed by atoms with Crippen LogP contribution in [0.4, 0.5) is 14.0 Å². The van der Waals surface area contributed by atoms with Gasteiger partial charge in [0.2, 0.25) is 0 Å². The molecule has 7 nitrogen and oxygen atoms in total. The molecule has 2 aliphatic carbocycles. The molecule has 1 unspecified atom stereocenters. The van der Waals surface area contributed by atoms with E-state index in [4.69, 9.17) is 0 Å². The highest BCUT2D eigenvalue weighted by molar-refractivity contribution is 5.81. The quantitative estimate of drug-likeness (QED) is 0.435. The SMILES string of the molecule is CC1(C)C(N(O)C(=O)NC2CCCCC2)N(C2CCCCC2)C(=O)N1CCc1ccccc1F. The number of benzene rings is 1. The summed E-state index contributed by atoms with van der Waals surface area (Å²) in [6, 6.07) is 5.88. The van der Waals surface area contributed by atoms with E-state index in [1.54, 1.807) is 28.0 Å². The Kier molecular flexibility index (Phi) is 7.65. The molecule has 3 fully saturated rings. The first kappa shape index (κ1) is 24.8. The Hall–Kier alpha value is -2.35. The molecule has 8 heteroatoms. The number of amides is 4. The van der Waals surface area contributed by atoms with Crippen LogP contribution in [0.25, 0.3) is 0 Å². The monoisotopic (exact) mass is 474 g/mol. The average Bonchev–Trinajstić information content (AvgIpc) is 3.04. The first-order chi connectivity index (χ1) is 16.3. The molecule has 2 N–H and O–H groups in total. The molecule has 0 radical (unpaired) electrons. The van der Waals surface area contributed by atoms with E-state index in [0.717, 1.165) is 62.9 Å². The summed E-state index contributed by atoms with van der Waals surface area (Å²) in [5, 5.41) is 14.9. The number of hydrogen-bond donors (Lipinski definition) is 2. The van der Waals surface area contributed by atoms with E-state index in [1.165, 1.54) is 12.5 Å². The van der Waals surface area contributed by atoms with E-state index >= 15 is 0 Å². The Morgan fingerprint density at radius 3 is 2.35 bits per heavy atom. The fourth-order valence-electron chi connectivity index (χ4n) is 6.02. The molecule has 1 heterocycles. The summed E-state index contributed by atoms with van der Waals surface area (Å²) >= 11 is 0. The van der Waals surface area contributed by atoms with Gasteiger partial charge < -0.3 is 10.2 Å². The number of halogens is 1. The van der Waals surface area contributed by atoms with Gasteiger partial charge in [-0.3, -0.25) is 10.1 Å². The van der Waals surface area contributed by atoms with Crippen molar-refractivity contribution < 1.29 is 19.2 Å².